The number of benzene rings is 2. The molecule has 0 saturated carbocycles. The van der Waals surface area contributed by atoms with Gasteiger partial charge in [-0.25, -0.2) is 8.78 Å². The molecule has 0 aliphatic heterocycles. The minimum atomic E-state index is -0.470. The Bertz CT molecular complexity index is 569. The lowest BCUT2D eigenvalue weighted by atomic mass is 9.91. The highest BCUT2D eigenvalue weighted by Crippen LogP contribution is 2.38. The second kappa shape index (κ2) is 6.57. The van der Waals surface area contributed by atoms with E-state index in [1.807, 2.05) is 0 Å². The molecule has 0 spiro atoms. The maximum Gasteiger partial charge on any atom is 0.123 e. The van der Waals surface area contributed by atoms with Crippen LogP contribution < -0.4 is 0 Å². The first kappa shape index (κ1) is 15.3. The highest BCUT2D eigenvalue weighted by molar-refractivity contribution is 6.59. The van der Waals surface area contributed by atoms with E-state index in [-0.39, 0.29) is 21.2 Å². The van der Waals surface area contributed by atoms with E-state index in [0.717, 1.165) is 0 Å². The maximum atomic E-state index is 13.0. The standard InChI is InChI=1S/C15H9Cl3F2/c16-14(15(17)18)13(9-1-5-11(19)6-2-9)10-3-7-12(20)8-4-10/h1-8,13H. The number of rotatable bonds is 3. The van der Waals surface area contributed by atoms with Gasteiger partial charge < -0.3 is 0 Å². The van der Waals surface area contributed by atoms with Crippen molar-refractivity contribution in [2.24, 2.45) is 0 Å². The zero-order chi connectivity index (χ0) is 14.7. The molecule has 2 aromatic carbocycles. The smallest absolute Gasteiger partial charge is 0.123 e. The number of halogens is 5. The fourth-order valence-electron chi connectivity index (χ4n) is 1.90. The summed E-state index contributed by atoms with van der Waals surface area (Å²) in [5.41, 5.74) is 1.42. The van der Waals surface area contributed by atoms with Crippen molar-refractivity contribution in [3.8, 4) is 0 Å². The third-order valence-corrected chi connectivity index (χ3v) is 3.85. The molecule has 0 nitrogen and oxygen atoms in total. The molecule has 5 heteroatoms. The Balaban J connectivity index is 2.53. The van der Waals surface area contributed by atoms with Gasteiger partial charge in [0.15, 0.2) is 0 Å². The van der Waals surface area contributed by atoms with Crippen LogP contribution in [0.25, 0.3) is 0 Å². The molecule has 0 bridgehead atoms. The minimum absolute atomic E-state index is 0.0784. The molecule has 0 N–H and O–H groups in total. The van der Waals surface area contributed by atoms with Crippen LogP contribution in [0.3, 0.4) is 0 Å². The van der Waals surface area contributed by atoms with Crippen LogP contribution in [0.1, 0.15) is 17.0 Å². The van der Waals surface area contributed by atoms with Crippen LogP contribution in [-0.2, 0) is 0 Å². The van der Waals surface area contributed by atoms with Crippen molar-refractivity contribution >= 4 is 34.8 Å². The van der Waals surface area contributed by atoms with Crippen molar-refractivity contribution in [3.05, 3.63) is 80.8 Å². The second-order valence-electron chi connectivity index (χ2n) is 4.14. The van der Waals surface area contributed by atoms with Crippen molar-refractivity contribution in [2.75, 3.05) is 0 Å². The summed E-state index contributed by atoms with van der Waals surface area (Å²) >= 11 is 17.7. The third kappa shape index (κ3) is 3.51. The largest absolute Gasteiger partial charge is 0.207 e. The maximum absolute atomic E-state index is 13.0. The number of hydrogen-bond acceptors (Lipinski definition) is 0. The molecule has 0 atom stereocenters. The molecule has 0 saturated heterocycles. The van der Waals surface area contributed by atoms with Gasteiger partial charge in [-0.2, -0.15) is 0 Å². The molecular weight excluding hydrogens is 325 g/mol. The average Bonchev–Trinajstić information content (AvgIpc) is 2.43. The van der Waals surface area contributed by atoms with Gasteiger partial charge in [-0.05, 0) is 35.4 Å². The zero-order valence-corrected chi connectivity index (χ0v) is 12.4. The van der Waals surface area contributed by atoms with Crippen LogP contribution in [0.5, 0.6) is 0 Å². The summed E-state index contributed by atoms with van der Waals surface area (Å²) in [7, 11) is 0. The molecule has 0 heterocycles. The fraction of sp³-hybridized carbons (Fsp3) is 0.0667. The average molecular weight is 334 g/mol. The summed E-state index contributed by atoms with van der Waals surface area (Å²) in [6.07, 6.45) is 0. The van der Waals surface area contributed by atoms with E-state index < -0.39 is 5.92 Å². The Kier molecular flexibility index (Phi) is 5.03. The summed E-state index contributed by atoms with van der Waals surface area (Å²) in [5.74, 6) is -1.18. The summed E-state index contributed by atoms with van der Waals surface area (Å²) in [5, 5.41) is 0.201. The number of hydrogen-bond donors (Lipinski definition) is 0. The quantitative estimate of drug-likeness (QED) is 0.648. The Morgan fingerprint density at radius 3 is 1.35 bits per heavy atom. The SMILES string of the molecule is Fc1ccc(C(C(Cl)=C(Cl)Cl)c2ccc(F)cc2)cc1. The van der Waals surface area contributed by atoms with Gasteiger partial charge >= 0.3 is 0 Å². The van der Waals surface area contributed by atoms with Crippen LogP contribution in [0.15, 0.2) is 58.1 Å². The highest BCUT2D eigenvalue weighted by Gasteiger charge is 2.20. The van der Waals surface area contributed by atoms with Crippen molar-refractivity contribution in [1.82, 2.24) is 0 Å². The predicted molar refractivity (Wildman–Crippen MR) is 79.2 cm³/mol. The monoisotopic (exact) mass is 332 g/mol. The predicted octanol–water partition coefficient (Wildman–Crippen LogP) is 5.98. The Hall–Kier alpha value is -1.09. The molecule has 0 aromatic heterocycles. The van der Waals surface area contributed by atoms with Crippen molar-refractivity contribution in [1.29, 1.82) is 0 Å². The normalized spacial score (nSPS) is 10.7. The summed E-state index contributed by atoms with van der Waals surface area (Å²) < 4.78 is 26.0. The molecule has 0 aliphatic rings. The van der Waals surface area contributed by atoms with E-state index in [2.05, 4.69) is 0 Å². The van der Waals surface area contributed by atoms with E-state index in [0.29, 0.717) is 11.1 Å². The zero-order valence-electron chi connectivity index (χ0n) is 10.1. The lowest BCUT2D eigenvalue weighted by Gasteiger charge is -2.17. The minimum Gasteiger partial charge on any atom is -0.207 e. The lowest BCUT2D eigenvalue weighted by Crippen LogP contribution is -2.02. The molecule has 0 amide bonds. The van der Waals surface area contributed by atoms with Gasteiger partial charge in [0.1, 0.15) is 16.1 Å². The molecular formula is C15H9Cl3F2. The molecule has 0 fully saturated rings. The summed E-state index contributed by atoms with van der Waals surface area (Å²) in [4.78, 5) is 0. The third-order valence-electron chi connectivity index (χ3n) is 2.84. The fourth-order valence-corrected chi connectivity index (χ4v) is 2.37. The van der Waals surface area contributed by atoms with Crippen LogP contribution in [-0.4, -0.2) is 0 Å². The van der Waals surface area contributed by atoms with Crippen molar-refractivity contribution in [2.45, 2.75) is 5.92 Å². The van der Waals surface area contributed by atoms with E-state index in [1.54, 1.807) is 24.3 Å². The Labute approximate surface area is 130 Å². The molecule has 0 aliphatic carbocycles. The first-order valence-electron chi connectivity index (χ1n) is 5.70. The van der Waals surface area contributed by atoms with Gasteiger partial charge in [0.2, 0.25) is 0 Å². The van der Waals surface area contributed by atoms with Crippen LogP contribution in [0, 0.1) is 11.6 Å². The van der Waals surface area contributed by atoms with E-state index in [9.17, 15) is 8.78 Å². The first-order valence-corrected chi connectivity index (χ1v) is 6.84. The van der Waals surface area contributed by atoms with Gasteiger partial charge in [0.05, 0.1) is 5.03 Å². The van der Waals surface area contributed by atoms with Gasteiger partial charge in [-0.3, -0.25) is 0 Å². The summed E-state index contributed by atoms with van der Waals surface area (Å²) in [6, 6.07) is 11.6. The highest BCUT2D eigenvalue weighted by atomic mass is 35.5. The lowest BCUT2D eigenvalue weighted by molar-refractivity contribution is 0.626. The van der Waals surface area contributed by atoms with Crippen LogP contribution >= 0.6 is 34.8 Å². The van der Waals surface area contributed by atoms with Gasteiger partial charge in [-0.1, -0.05) is 59.1 Å². The van der Waals surface area contributed by atoms with Crippen LogP contribution in [0.4, 0.5) is 8.78 Å². The van der Waals surface area contributed by atoms with Crippen molar-refractivity contribution < 1.29 is 8.78 Å². The molecule has 104 valence electrons. The number of allylic oxidation sites excluding steroid dienone is 1. The van der Waals surface area contributed by atoms with Crippen LogP contribution in [0.2, 0.25) is 0 Å². The van der Waals surface area contributed by atoms with Gasteiger partial charge in [0.25, 0.3) is 0 Å². The van der Waals surface area contributed by atoms with E-state index >= 15 is 0 Å². The van der Waals surface area contributed by atoms with E-state index in [1.165, 1.54) is 24.3 Å². The van der Waals surface area contributed by atoms with Gasteiger partial charge in [-0.15, -0.1) is 0 Å². The Morgan fingerprint density at radius 1 is 0.700 bits per heavy atom. The topological polar surface area (TPSA) is 0 Å². The first-order chi connectivity index (χ1) is 9.49. The molecule has 0 unspecified atom stereocenters. The Morgan fingerprint density at radius 2 is 1.05 bits per heavy atom. The van der Waals surface area contributed by atoms with Gasteiger partial charge in [0, 0.05) is 5.92 Å². The van der Waals surface area contributed by atoms with E-state index in [4.69, 9.17) is 34.8 Å². The van der Waals surface area contributed by atoms with Crippen molar-refractivity contribution in [3.63, 3.8) is 0 Å². The summed E-state index contributed by atoms with van der Waals surface area (Å²) in [6.45, 7) is 0. The molecule has 0 radical (unpaired) electrons. The molecule has 2 rings (SSSR count). The second-order valence-corrected chi connectivity index (χ2v) is 5.50. The molecule has 20 heavy (non-hydrogen) atoms. The molecule has 2 aromatic rings.